The number of aliphatic hydroxyl groups is 10. The van der Waals surface area contributed by atoms with Crippen LogP contribution in [-0.2, 0) is 9.47 Å². The Bertz CT molecular complexity index is 837. The summed E-state index contributed by atoms with van der Waals surface area (Å²) in [4.78, 5) is 10.2. The van der Waals surface area contributed by atoms with E-state index in [1.54, 1.807) is 6.07 Å². The van der Waals surface area contributed by atoms with Crippen molar-refractivity contribution in [2.75, 3.05) is 54.1 Å². The number of nitrogens with zero attached hydrogens (tertiary/aromatic N) is 1. The molecule has 1 aliphatic heterocycles. The second-order valence-corrected chi connectivity index (χ2v) is 9.83. The van der Waals surface area contributed by atoms with Crippen LogP contribution in [0.25, 0.3) is 0 Å². The normalized spacial score (nSPS) is 25.8. The van der Waals surface area contributed by atoms with Crippen LogP contribution in [0.1, 0.15) is 10.4 Å². The van der Waals surface area contributed by atoms with E-state index in [1.807, 2.05) is 0 Å². The Morgan fingerprint density at radius 1 is 0.950 bits per heavy atom. The fraction of sp³-hybridized carbons (Fsp3) is 0.708. The van der Waals surface area contributed by atoms with Gasteiger partial charge < -0.3 is 80.0 Å². The number of carboxylic acids is 1. The third-order valence-electron chi connectivity index (χ3n) is 5.52. The molecule has 1 fully saturated rings. The molecule has 0 saturated carbocycles. The highest BCUT2D eigenvalue weighted by Crippen LogP contribution is 2.25. The summed E-state index contributed by atoms with van der Waals surface area (Å²) in [5.74, 6) is -1.62. The fourth-order valence-electron chi connectivity index (χ4n) is 3.11. The van der Waals surface area contributed by atoms with E-state index >= 15 is 0 Å². The lowest BCUT2D eigenvalue weighted by Gasteiger charge is -2.42. The van der Waals surface area contributed by atoms with Gasteiger partial charge in [-0.25, -0.2) is 0 Å². The summed E-state index contributed by atoms with van der Waals surface area (Å²) in [6.07, 6.45) is -15.1. The minimum Gasteiger partial charge on any atom is -0.545 e. The number of aromatic carboxylic acids is 1. The van der Waals surface area contributed by atoms with E-state index in [0.717, 1.165) is 11.0 Å². The molecule has 0 amide bonds. The van der Waals surface area contributed by atoms with Crippen molar-refractivity contribution in [1.82, 2.24) is 0 Å². The highest BCUT2D eigenvalue weighted by molar-refractivity contribution is 5.88. The van der Waals surface area contributed by atoms with Crippen LogP contribution >= 0.6 is 0 Å². The summed E-state index contributed by atoms with van der Waals surface area (Å²) in [6.45, 7) is -1.34. The summed E-state index contributed by atoms with van der Waals surface area (Å²) >= 11 is 0. The van der Waals surface area contributed by atoms with Crippen LogP contribution in [0.15, 0.2) is 24.3 Å². The molecule has 1 saturated heterocycles. The SMILES string of the molecule is C[N+](C)(C)CCO.O=C([O-])c1ccccc1O.OC[C@@H](O)[C@@H](O[C@H]1O[C@H](CO)[C@@H](O)[C@H](O)[C@H]1O)[C@H](O)[C@@H](O)CO. The highest BCUT2D eigenvalue weighted by atomic mass is 16.7. The molecule has 0 aliphatic carbocycles. The molecular weight excluding hydrogens is 542 g/mol. The van der Waals surface area contributed by atoms with Crippen molar-refractivity contribution in [3.63, 3.8) is 0 Å². The van der Waals surface area contributed by atoms with Crippen molar-refractivity contribution in [3.8, 4) is 5.75 Å². The Morgan fingerprint density at radius 3 is 1.88 bits per heavy atom. The number of ether oxygens (including phenoxy) is 2. The number of hydrogen-bond acceptors (Lipinski definition) is 15. The number of para-hydroxylation sites is 1. The number of hydrogen-bond donors (Lipinski definition) is 11. The molecular formula is C24H43NO15. The summed E-state index contributed by atoms with van der Waals surface area (Å²) in [6, 6.07) is 5.64. The minimum atomic E-state index is -1.85. The van der Waals surface area contributed by atoms with Gasteiger partial charge in [-0.05, 0) is 12.1 Å². The van der Waals surface area contributed by atoms with Crippen LogP contribution in [0.2, 0.25) is 0 Å². The first-order valence-electron chi connectivity index (χ1n) is 12.2. The van der Waals surface area contributed by atoms with Gasteiger partial charge >= 0.3 is 0 Å². The number of aromatic hydroxyl groups is 1. The van der Waals surface area contributed by atoms with Crippen LogP contribution < -0.4 is 5.11 Å². The molecule has 0 radical (unpaired) electrons. The first kappa shape index (κ1) is 38.0. The van der Waals surface area contributed by atoms with Crippen LogP contribution in [0.3, 0.4) is 0 Å². The molecule has 9 atom stereocenters. The van der Waals surface area contributed by atoms with Crippen molar-refractivity contribution >= 4 is 5.97 Å². The monoisotopic (exact) mass is 585 g/mol. The Labute approximate surface area is 231 Å². The lowest BCUT2D eigenvalue weighted by Crippen LogP contribution is -2.61. The number of benzene rings is 1. The van der Waals surface area contributed by atoms with Crippen molar-refractivity contribution in [2.24, 2.45) is 0 Å². The van der Waals surface area contributed by atoms with Gasteiger partial charge in [-0.3, -0.25) is 0 Å². The van der Waals surface area contributed by atoms with Crippen molar-refractivity contribution in [3.05, 3.63) is 29.8 Å². The van der Waals surface area contributed by atoms with Gasteiger partial charge in [0.1, 0.15) is 61.1 Å². The molecule has 1 heterocycles. The zero-order valence-electron chi connectivity index (χ0n) is 22.5. The van der Waals surface area contributed by atoms with E-state index in [1.165, 1.54) is 18.2 Å². The van der Waals surface area contributed by atoms with Gasteiger partial charge in [-0.15, -0.1) is 0 Å². The molecule has 0 bridgehead atoms. The van der Waals surface area contributed by atoms with Crippen LogP contribution in [0.4, 0.5) is 0 Å². The Morgan fingerprint density at radius 2 is 1.50 bits per heavy atom. The summed E-state index contributed by atoms with van der Waals surface area (Å²) in [5.41, 5.74) is -0.178. The van der Waals surface area contributed by atoms with Gasteiger partial charge in [0.05, 0.1) is 53.5 Å². The Kier molecular flexibility index (Phi) is 17.5. The third kappa shape index (κ3) is 12.6. The molecule has 1 aromatic rings. The molecule has 0 spiro atoms. The molecule has 1 aromatic carbocycles. The Balaban J connectivity index is 0.000000729. The lowest BCUT2D eigenvalue weighted by molar-refractivity contribution is -0.870. The largest absolute Gasteiger partial charge is 0.545 e. The highest BCUT2D eigenvalue weighted by Gasteiger charge is 2.46. The maximum absolute atomic E-state index is 10.2. The first-order valence-corrected chi connectivity index (χ1v) is 12.2. The minimum absolute atomic E-state index is 0.178. The molecule has 0 unspecified atom stereocenters. The van der Waals surface area contributed by atoms with Crippen LogP contribution in [0.5, 0.6) is 5.75 Å². The van der Waals surface area contributed by atoms with Gasteiger partial charge in [0, 0.05) is 5.56 Å². The predicted molar refractivity (Wildman–Crippen MR) is 133 cm³/mol. The summed E-state index contributed by atoms with van der Waals surface area (Å²) in [7, 11) is 6.16. The van der Waals surface area contributed by atoms with E-state index in [-0.39, 0.29) is 17.9 Å². The number of rotatable bonds is 11. The topological polar surface area (TPSA) is 281 Å². The molecule has 16 nitrogen and oxygen atoms in total. The molecule has 16 heteroatoms. The number of carboxylic acid groups (broad SMARTS) is 1. The fourth-order valence-corrected chi connectivity index (χ4v) is 3.11. The molecule has 2 rings (SSSR count). The van der Waals surface area contributed by atoms with E-state index < -0.39 is 80.9 Å². The molecule has 234 valence electrons. The van der Waals surface area contributed by atoms with Crippen LogP contribution in [0, 0.1) is 0 Å². The standard InChI is InChI=1S/C12H24O11.C7H6O3.C5H14NO/c13-1-4(16)7(18)11(5(17)2-14)23-12-10(21)9(20)8(19)6(3-15)22-12;8-6-4-2-1-3-5(6)7(9)10;1-6(2,3)4-5-7/h4-21H,1-3H2;1-4,8H,(H,9,10);7H,4-5H2,1-3H3/q;;+1/p-1/t4-,5+,6+,7+,8+,9-,10+,11+,12+;;/m0../s1. The predicted octanol–water partition coefficient (Wildman–Crippen LogP) is -6.32. The van der Waals surface area contributed by atoms with Gasteiger partial charge in [-0.1, -0.05) is 12.1 Å². The zero-order valence-corrected chi connectivity index (χ0v) is 22.5. The maximum atomic E-state index is 10.2. The number of carbonyl (C=O) groups excluding carboxylic acids is 1. The summed E-state index contributed by atoms with van der Waals surface area (Å²) < 4.78 is 11.0. The van der Waals surface area contributed by atoms with Gasteiger partial charge in [0.2, 0.25) is 0 Å². The number of aliphatic hydroxyl groups excluding tert-OH is 10. The molecule has 11 N–H and O–H groups in total. The van der Waals surface area contributed by atoms with E-state index in [2.05, 4.69) is 21.1 Å². The average Bonchev–Trinajstić information content (AvgIpc) is 2.90. The van der Waals surface area contributed by atoms with Gasteiger partial charge in [0.15, 0.2) is 6.29 Å². The van der Waals surface area contributed by atoms with Crippen LogP contribution in [-0.4, -0.2) is 176 Å². The average molecular weight is 586 g/mol. The van der Waals surface area contributed by atoms with Gasteiger partial charge in [0.25, 0.3) is 0 Å². The van der Waals surface area contributed by atoms with Crippen molar-refractivity contribution in [1.29, 1.82) is 0 Å². The maximum Gasteiger partial charge on any atom is 0.187 e. The molecule has 40 heavy (non-hydrogen) atoms. The van der Waals surface area contributed by atoms with Crippen molar-refractivity contribution < 1.29 is 80.0 Å². The lowest BCUT2D eigenvalue weighted by atomic mass is 9.98. The number of quaternary nitrogens is 1. The number of phenols is 1. The van der Waals surface area contributed by atoms with E-state index in [0.29, 0.717) is 0 Å². The third-order valence-corrected chi connectivity index (χ3v) is 5.52. The smallest absolute Gasteiger partial charge is 0.187 e. The quantitative estimate of drug-likeness (QED) is 0.108. The zero-order chi connectivity index (χ0) is 31.2. The summed E-state index contributed by atoms with van der Waals surface area (Å²) in [5, 5.41) is 112. The van der Waals surface area contributed by atoms with E-state index in [9.17, 15) is 40.5 Å². The second-order valence-electron chi connectivity index (χ2n) is 9.83. The first-order chi connectivity index (χ1) is 18.6. The van der Waals surface area contributed by atoms with Gasteiger partial charge in [-0.2, -0.15) is 0 Å². The number of carbonyl (C=O) groups is 1. The second kappa shape index (κ2) is 18.4. The van der Waals surface area contributed by atoms with Crippen molar-refractivity contribution in [2.45, 2.75) is 55.1 Å². The molecule has 1 aliphatic rings. The van der Waals surface area contributed by atoms with E-state index in [4.69, 9.17) is 35.0 Å². The number of likely N-dealkylation sites (N-methyl/N-ethyl adjacent to an activating group) is 1. The molecule has 0 aromatic heterocycles. The Hall–Kier alpha value is -2.03.